The van der Waals surface area contributed by atoms with Crippen LogP contribution in [0.25, 0.3) is 21.8 Å². The Hall–Kier alpha value is -0.420. The lowest BCUT2D eigenvalue weighted by atomic mass is 10.2. The van der Waals surface area contributed by atoms with Gasteiger partial charge in [-0.3, -0.25) is 0 Å². The highest BCUT2D eigenvalue weighted by Gasteiger charge is 2.14. The van der Waals surface area contributed by atoms with E-state index in [0.717, 1.165) is 11.0 Å². The van der Waals surface area contributed by atoms with E-state index in [4.69, 9.17) is 5.11 Å². The summed E-state index contributed by atoms with van der Waals surface area (Å²) in [6.07, 6.45) is -0.501. The largest absolute Gasteiger partial charge is 0.395 e. The molecule has 2 aromatic carbocycles. The van der Waals surface area contributed by atoms with Crippen LogP contribution in [-0.2, 0) is 6.54 Å². The number of halogens is 2. The van der Waals surface area contributed by atoms with Crippen molar-refractivity contribution in [3.63, 3.8) is 0 Å². The number of aliphatic hydroxyl groups excluding tert-OH is 2. The Bertz CT molecular complexity index is 773. The number of hydrogen-bond acceptors (Lipinski definition) is 3. The molecule has 23 heavy (non-hydrogen) atoms. The molecule has 3 aromatic rings. The van der Waals surface area contributed by atoms with Gasteiger partial charge in [0.2, 0.25) is 0 Å². The molecule has 0 aliphatic heterocycles. The second-order valence-electron chi connectivity index (χ2n) is 5.52. The van der Waals surface area contributed by atoms with Crippen LogP contribution in [0.4, 0.5) is 0 Å². The molecular formula is C17H18I2N2O2. The average molecular weight is 536 g/mol. The molecule has 1 atom stereocenters. The molecule has 0 radical (unpaired) electrons. The molecule has 1 aromatic heterocycles. The minimum Gasteiger partial charge on any atom is -0.395 e. The maximum Gasteiger partial charge on any atom is 0.0843 e. The van der Waals surface area contributed by atoms with Crippen LogP contribution in [0, 0.1) is 7.14 Å². The second kappa shape index (κ2) is 7.64. The van der Waals surface area contributed by atoms with Crippen LogP contribution in [-0.4, -0.2) is 40.6 Å². The van der Waals surface area contributed by atoms with Crippen molar-refractivity contribution in [1.29, 1.82) is 0 Å². The number of aromatic nitrogens is 1. The van der Waals surface area contributed by atoms with Crippen LogP contribution in [0.2, 0.25) is 0 Å². The monoisotopic (exact) mass is 536 g/mol. The Morgan fingerprint density at radius 3 is 2.09 bits per heavy atom. The first-order valence-electron chi connectivity index (χ1n) is 7.47. The summed E-state index contributed by atoms with van der Waals surface area (Å²) in [5.41, 5.74) is 2.28. The molecule has 0 aliphatic rings. The molecule has 122 valence electrons. The molecule has 0 unspecified atom stereocenters. The van der Waals surface area contributed by atoms with Crippen LogP contribution >= 0.6 is 45.2 Å². The summed E-state index contributed by atoms with van der Waals surface area (Å²) in [6.45, 7) is 1.58. The van der Waals surface area contributed by atoms with E-state index in [1.165, 1.54) is 17.9 Å². The minimum atomic E-state index is -0.501. The lowest BCUT2D eigenvalue weighted by molar-refractivity contribution is 0.151. The normalized spacial score (nSPS) is 13.0. The van der Waals surface area contributed by atoms with Gasteiger partial charge < -0.3 is 20.1 Å². The number of rotatable bonds is 6. The summed E-state index contributed by atoms with van der Waals surface area (Å²) in [6, 6.07) is 12.8. The van der Waals surface area contributed by atoms with Gasteiger partial charge in [0, 0.05) is 42.0 Å². The van der Waals surface area contributed by atoms with Crippen LogP contribution in [0.15, 0.2) is 36.4 Å². The lowest BCUT2D eigenvalue weighted by Gasteiger charge is -2.14. The van der Waals surface area contributed by atoms with E-state index in [1.807, 2.05) is 0 Å². The Morgan fingerprint density at radius 1 is 1.00 bits per heavy atom. The van der Waals surface area contributed by atoms with E-state index in [1.54, 1.807) is 0 Å². The number of benzene rings is 2. The molecule has 0 bridgehead atoms. The molecule has 0 saturated carbocycles. The molecule has 1 heterocycles. The molecular weight excluding hydrogens is 518 g/mol. The summed E-state index contributed by atoms with van der Waals surface area (Å²) in [5, 5.41) is 24.6. The summed E-state index contributed by atoms with van der Waals surface area (Å²) < 4.78 is 4.60. The van der Waals surface area contributed by atoms with Crippen LogP contribution in [0.5, 0.6) is 0 Å². The smallest absolute Gasteiger partial charge is 0.0843 e. The third-order valence-corrected chi connectivity index (χ3v) is 5.19. The molecule has 4 nitrogen and oxygen atoms in total. The number of nitrogens with one attached hydrogen (secondary N) is 1. The summed E-state index contributed by atoms with van der Waals surface area (Å²) in [5.74, 6) is 0. The lowest BCUT2D eigenvalue weighted by Crippen LogP contribution is -2.31. The standard InChI is InChI=1S/C17H18I2N2O2/c18-11-1-3-16-14(7-11)15-8-12(19)2-4-17(15)21(16)10-13(23)9-20-5-6-22/h1-4,7-8,13,20,22-23H,5-6,9-10H2/t13-/m1/s1. The molecule has 0 amide bonds. The fraction of sp³-hybridized carbons (Fsp3) is 0.294. The number of hydrogen-bond donors (Lipinski definition) is 3. The van der Waals surface area contributed by atoms with Gasteiger partial charge in [0.25, 0.3) is 0 Å². The van der Waals surface area contributed by atoms with Crippen molar-refractivity contribution in [2.24, 2.45) is 0 Å². The van der Waals surface area contributed by atoms with Gasteiger partial charge in [0.05, 0.1) is 19.3 Å². The maximum atomic E-state index is 10.3. The molecule has 6 heteroatoms. The van der Waals surface area contributed by atoms with E-state index >= 15 is 0 Å². The van der Waals surface area contributed by atoms with Gasteiger partial charge in [-0.1, -0.05) is 0 Å². The average Bonchev–Trinajstić information content (AvgIpc) is 2.80. The van der Waals surface area contributed by atoms with E-state index in [-0.39, 0.29) is 6.61 Å². The highest BCUT2D eigenvalue weighted by molar-refractivity contribution is 14.1. The fourth-order valence-corrected chi connectivity index (χ4v) is 3.85. The number of nitrogens with zero attached hydrogens (tertiary/aromatic N) is 1. The van der Waals surface area contributed by atoms with Gasteiger partial charge in [-0.05, 0) is 81.6 Å². The Balaban J connectivity index is 2.03. The fourth-order valence-electron chi connectivity index (χ4n) is 2.87. The SMILES string of the molecule is OCCNC[C@@H](O)Cn1c2ccc(I)cc2c2cc(I)ccc21. The van der Waals surface area contributed by atoms with Gasteiger partial charge in [0.15, 0.2) is 0 Å². The predicted octanol–water partition coefficient (Wildman–Crippen LogP) is 2.95. The summed E-state index contributed by atoms with van der Waals surface area (Å²) >= 11 is 4.66. The minimum absolute atomic E-state index is 0.0823. The van der Waals surface area contributed by atoms with Crippen LogP contribution < -0.4 is 5.32 Å². The van der Waals surface area contributed by atoms with Crippen LogP contribution in [0.3, 0.4) is 0 Å². The Morgan fingerprint density at radius 2 is 1.57 bits per heavy atom. The van der Waals surface area contributed by atoms with E-state index < -0.39 is 6.10 Å². The zero-order valence-electron chi connectivity index (χ0n) is 12.5. The molecule has 0 aliphatic carbocycles. The van der Waals surface area contributed by atoms with E-state index in [9.17, 15) is 5.11 Å². The summed E-state index contributed by atoms with van der Waals surface area (Å²) in [7, 11) is 0. The zero-order chi connectivity index (χ0) is 16.4. The molecule has 0 spiro atoms. The third kappa shape index (κ3) is 3.81. The first-order valence-corrected chi connectivity index (χ1v) is 9.62. The Kier molecular flexibility index (Phi) is 5.78. The molecule has 0 saturated heterocycles. The predicted molar refractivity (Wildman–Crippen MR) is 111 cm³/mol. The number of fused-ring (bicyclic) bond motifs is 3. The van der Waals surface area contributed by atoms with E-state index in [0.29, 0.717) is 19.6 Å². The van der Waals surface area contributed by atoms with Crippen molar-refractivity contribution in [3.05, 3.63) is 43.5 Å². The molecule has 3 N–H and O–H groups in total. The molecule has 3 rings (SSSR count). The first-order chi connectivity index (χ1) is 11.1. The van der Waals surface area contributed by atoms with Crippen molar-refractivity contribution in [3.8, 4) is 0 Å². The quantitative estimate of drug-likeness (QED) is 0.336. The zero-order valence-corrected chi connectivity index (χ0v) is 16.8. The van der Waals surface area contributed by atoms with Crippen molar-refractivity contribution in [1.82, 2.24) is 9.88 Å². The molecule has 0 fully saturated rings. The third-order valence-electron chi connectivity index (χ3n) is 3.85. The topological polar surface area (TPSA) is 57.4 Å². The first kappa shape index (κ1) is 17.4. The van der Waals surface area contributed by atoms with Gasteiger partial charge in [-0.2, -0.15) is 0 Å². The highest BCUT2D eigenvalue weighted by Crippen LogP contribution is 2.31. The van der Waals surface area contributed by atoms with Crippen molar-refractivity contribution < 1.29 is 10.2 Å². The maximum absolute atomic E-state index is 10.3. The van der Waals surface area contributed by atoms with Crippen molar-refractivity contribution in [2.45, 2.75) is 12.6 Å². The van der Waals surface area contributed by atoms with Crippen molar-refractivity contribution >= 4 is 67.0 Å². The summed E-state index contributed by atoms with van der Waals surface area (Å²) in [4.78, 5) is 0. The number of aliphatic hydroxyl groups is 2. The van der Waals surface area contributed by atoms with Gasteiger partial charge in [-0.15, -0.1) is 0 Å². The van der Waals surface area contributed by atoms with Gasteiger partial charge >= 0.3 is 0 Å². The van der Waals surface area contributed by atoms with E-state index in [2.05, 4.69) is 91.5 Å². The van der Waals surface area contributed by atoms with Crippen LogP contribution in [0.1, 0.15) is 0 Å². The second-order valence-corrected chi connectivity index (χ2v) is 8.01. The van der Waals surface area contributed by atoms with Crippen molar-refractivity contribution in [2.75, 3.05) is 19.7 Å². The van der Waals surface area contributed by atoms with Gasteiger partial charge in [-0.25, -0.2) is 0 Å². The Labute approximate surface area is 162 Å². The van der Waals surface area contributed by atoms with Gasteiger partial charge in [0.1, 0.15) is 0 Å². The highest BCUT2D eigenvalue weighted by atomic mass is 127.